The molecule has 3 heterocycles. The Morgan fingerprint density at radius 1 is 1.50 bits per heavy atom. The van der Waals surface area contributed by atoms with Crippen LogP contribution in [0.25, 0.3) is 0 Å². The van der Waals surface area contributed by atoms with Crippen molar-refractivity contribution in [3.63, 3.8) is 0 Å². The van der Waals surface area contributed by atoms with Crippen LogP contribution >= 0.6 is 0 Å². The molecule has 0 radical (unpaired) electrons. The maximum absolute atomic E-state index is 12.2. The number of fused-ring (bicyclic) bond motifs is 1. The first kappa shape index (κ1) is 15.2. The quantitative estimate of drug-likeness (QED) is 0.658. The second-order valence-electron chi connectivity index (χ2n) is 6.42. The van der Waals surface area contributed by atoms with Crippen molar-refractivity contribution in [1.29, 1.82) is 0 Å². The van der Waals surface area contributed by atoms with E-state index in [0.717, 1.165) is 19.4 Å². The van der Waals surface area contributed by atoms with Crippen LogP contribution in [0.5, 0.6) is 0 Å². The lowest BCUT2D eigenvalue weighted by Gasteiger charge is -2.46. The number of allylic oxidation sites excluding steroid dienone is 1. The predicted octanol–water partition coefficient (Wildman–Crippen LogP) is 0.491. The van der Waals surface area contributed by atoms with Gasteiger partial charge in [-0.1, -0.05) is 19.1 Å². The number of nitrogens with one attached hydrogen (secondary N) is 1. The summed E-state index contributed by atoms with van der Waals surface area (Å²) >= 11 is 0. The molecule has 120 valence electrons. The minimum absolute atomic E-state index is 0.0775. The minimum Gasteiger partial charge on any atom is -0.477 e. The van der Waals surface area contributed by atoms with E-state index < -0.39 is 18.0 Å². The molecule has 6 heteroatoms. The molecule has 0 aromatic rings. The molecule has 3 aliphatic rings. The van der Waals surface area contributed by atoms with Gasteiger partial charge in [-0.15, -0.1) is 0 Å². The number of carboxylic acid groups (broad SMARTS) is 1. The molecule has 1 amide bonds. The van der Waals surface area contributed by atoms with Gasteiger partial charge in [0.2, 0.25) is 5.91 Å². The van der Waals surface area contributed by atoms with Gasteiger partial charge in [0, 0.05) is 12.0 Å². The summed E-state index contributed by atoms with van der Waals surface area (Å²) in [5.41, 5.74) is 0.761. The fourth-order valence-corrected chi connectivity index (χ4v) is 3.91. The van der Waals surface area contributed by atoms with Gasteiger partial charge in [-0.05, 0) is 31.9 Å². The van der Waals surface area contributed by atoms with Gasteiger partial charge in [0.25, 0.3) is 0 Å². The van der Waals surface area contributed by atoms with Gasteiger partial charge < -0.3 is 20.4 Å². The molecule has 0 bridgehead atoms. The Morgan fingerprint density at radius 3 is 2.77 bits per heavy atom. The van der Waals surface area contributed by atoms with Gasteiger partial charge in [-0.25, -0.2) is 4.79 Å². The third kappa shape index (κ3) is 2.18. The topological polar surface area (TPSA) is 89.9 Å². The zero-order valence-electron chi connectivity index (χ0n) is 12.8. The highest BCUT2D eigenvalue weighted by atomic mass is 16.4. The number of rotatable bonds is 4. The molecule has 0 aromatic heterocycles. The lowest BCUT2D eigenvalue weighted by atomic mass is 9.77. The molecule has 3 aliphatic heterocycles. The number of aliphatic carboxylic acids is 1. The van der Waals surface area contributed by atoms with Crippen LogP contribution in [0.3, 0.4) is 0 Å². The SMILES string of the molecule is C[C@@H](O)[C@H]1C(=O)N2C(C(=O)O)=C(C=C[C@@H]3CCCN3)[C@H](C)[C@H]12. The standard InChI is InChI=1S/C16H22N2O4/c1-8-11(6-5-10-4-3-7-17-10)14(16(21)22)18-13(8)12(9(2)19)15(18)20/h5-6,8-10,12-13,17,19H,3-4,7H2,1-2H3,(H,21,22)/t8-,9+,10-,12+,13+/m0/s1. The smallest absolute Gasteiger partial charge is 0.352 e. The van der Waals surface area contributed by atoms with Gasteiger partial charge in [0.15, 0.2) is 0 Å². The number of amides is 1. The number of hydrogen-bond acceptors (Lipinski definition) is 4. The fourth-order valence-electron chi connectivity index (χ4n) is 3.91. The average molecular weight is 306 g/mol. The first-order valence-corrected chi connectivity index (χ1v) is 7.83. The molecule has 2 saturated heterocycles. The number of hydrogen-bond donors (Lipinski definition) is 3. The minimum atomic E-state index is -1.08. The number of carboxylic acids is 1. The zero-order chi connectivity index (χ0) is 16.0. The summed E-state index contributed by atoms with van der Waals surface area (Å²) in [7, 11) is 0. The summed E-state index contributed by atoms with van der Waals surface area (Å²) in [6.07, 6.45) is 5.25. The van der Waals surface area contributed by atoms with E-state index in [-0.39, 0.29) is 29.6 Å². The fraction of sp³-hybridized carbons (Fsp3) is 0.625. The third-order valence-electron chi connectivity index (χ3n) is 5.03. The molecule has 22 heavy (non-hydrogen) atoms. The van der Waals surface area contributed by atoms with Crippen LogP contribution in [0.4, 0.5) is 0 Å². The largest absolute Gasteiger partial charge is 0.477 e. The van der Waals surface area contributed by atoms with Crippen LogP contribution in [0, 0.1) is 11.8 Å². The Balaban J connectivity index is 1.90. The average Bonchev–Trinajstić information content (AvgIpc) is 3.02. The van der Waals surface area contributed by atoms with Crippen LogP contribution in [0.1, 0.15) is 26.7 Å². The maximum Gasteiger partial charge on any atom is 0.352 e. The van der Waals surface area contributed by atoms with Crippen molar-refractivity contribution < 1.29 is 19.8 Å². The van der Waals surface area contributed by atoms with Crippen molar-refractivity contribution in [2.75, 3.05) is 6.54 Å². The van der Waals surface area contributed by atoms with E-state index >= 15 is 0 Å². The van der Waals surface area contributed by atoms with Gasteiger partial charge in [-0.2, -0.15) is 0 Å². The second-order valence-corrected chi connectivity index (χ2v) is 6.42. The van der Waals surface area contributed by atoms with Crippen LogP contribution in [-0.2, 0) is 9.59 Å². The number of β-lactam (4-membered cyclic amide) rings is 1. The molecule has 2 fully saturated rings. The molecule has 0 saturated carbocycles. The highest BCUT2D eigenvalue weighted by Gasteiger charge is 2.59. The Kier molecular flexibility index (Phi) is 3.82. The third-order valence-corrected chi connectivity index (χ3v) is 5.03. The van der Waals surface area contributed by atoms with E-state index in [0.29, 0.717) is 5.57 Å². The summed E-state index contributed by atoms with van der Waals surface area (Å²) < 4.78 is 0. The highest BCUT2D eigenvalue weighted by Crippen LogP contribution is 2.47. The van der Waals surface area contributed by atoms with Crippen molar-refractivity contribution >= 4 is 11.9 Å². The van der Waals surface area contributed by atoms with Gasteiger partial charge >= 0.3 is 5.97 Å². The van der Waals surface area contributed by atoms with Crippen LogP contribution in [-0.4, -0.2) is 51.7 Å². The van der Waals surface area contributed by atoms with Crippen molar-refractivity contribution in [3.05, 3.63) is 23.4 Å². The first-order valence-electron chi connectivity index (χ1n) is 7.83. The molecule has 0 aliphatic carbocycles. The number of aliphatic hydroxyl groups excluding tert-OH is 1. The Labute approximate surface area is 129 Å². The van der Waals surface area contributed by atoms with Crippen molar-refractivity contribution in [2.45, 2.75) is 44.9 Å². The highest BCUT2D eigenvalue weighted by molar-refractivity contribution is 6.00. The Hall–Kier alpha value is -1.66. The van der Waals surface area contributed by atoms with Crippen LogP contribution in [0.2, 0.25) is 0 Å². The lowest BCUT2D eigenvalue weighted by Crippen LogP contribution is -2.63. The van der Waals surface area contributed by atoms with Gasteiger partial charge in [0.1, 0.15) is 5.70 Å². The number of aliphatic hydroxyl groups is 1. The molecule has 6 nitrogen and oxygen atoms in total. The summed E-state index contributed by atoms with van der Waals surface area (Å²) in [4.78, 5) is 25.1. The molecule has 0 spiro atoms. The molecular weight excluding hydrogens is 284 g/mol. The summed E-state index contributed by atoms with van der Waals surface area (Å²) in [6.45, 7) is 4.49. The normalized spacial score (nSPS) is 36.0. The second kappa shape index (κ2) is 5.52. The predicted molar refractivity (Wildman–Crippen MR) is 79.8 cm³/mol. The Bertz CT molecular complexity index is 560. The summed E-state index contributed by atoms with van der Waals surface area (Å²) in [6, 6.07) is 0.0287. The van der Waals surface area contributed by atoms with Crippen LogP contribution < -0.4 is 5.32 Å². The molecule has 0 unspecified atom stereocenters. The van der Waals surface area contributed by atoms with E-state index in [1.807, 2.05) is 19.1 Å². The van der Waals surface area contributed by atoms with Crippen molar-refractivity contribution in [2.24, 2.45) is 11.8 Å². The number of nitrogens with zero attached hydrogens (tertiary/aromatic N) is 1. The number of carbonyl (C=O) groups is 2. The molecule has 0 aromatic carbocycles. The molecular formula is C16H22N2O4. The maximum atomic E-state index is 12.2. The van der Waals surface area contributed by atoms with E-state index in [1.54, 1.807) is 6.92 Å². The Morgan fingerprint density at radius 2 is 2.23 bits per heavy atom. The van der Waals surface area contributed by atoms with E-state index in [9.17, 15) is 19.8 Å². The lowest BCUT2D eigenvalue weighted by molar-refractivity contribution is -0.163. The van der Waals surface area contributed by atoms with E-state index in [4.69, 9.17) is 0 Å². The summed E-state index contributed by atoms with van der Waals surface area (Å²) in [5, 5.41) is 22.6. The zero-order valence-corrected chi connectivity index (χ0v) is 12.8. The summed E-state index contributed by atoms with van der Waals surface area (Å²) in [5.74, 6) is -1.95. The van der Waals surface area contributed by atoms with Crippen molar-refractivity contribution in [3.8, 4) is 0 Å². The van der Waals surface area contributed by atoms with Gasteiger partial charge in [0.05, 0.1) is 18.1 Å². The van der Waals surface area contributed by atoms with E-state index in [1.165, 1.54) is 4.90 Å². The van der Waals surface area contributed by atoms with Gasteiger partial charge in [-0.3, -0.25) is 4.79 Å². The molecule has 5 atom stereocenters. The van der Waals surface area contributed by atoms with Crippen molar-refractivity contribution in [1.82, 2.24) is 10.2 Å². The monoisotopic (exact) mass is 306 g/mol. The van der Waals surface area contributed by atoms with Crippen LogP contribution in [0.15, 0.2) is 23.4 Å². The number of carbonyl (C=O) groups excluding carboxylic acids is 1. The van der Waals surface area contributed by atoms with E-state index in [2.05, 4.69) is 5.32 Å². The molecule has 3 rings (SSSR count). The first-order chi connectivity index (χ1) is 10.4. The molecule has 3 N–H and O–H groups in total.